The molecule has 0 unspecified atom stereocenters. The third kappa shape index (κ3) is 3.76. The van der Waals surface area contributed by atoms with Gasteiger partial charge in [0.15, 0.2) is 0 Å². The van der Waals surface area contributed by atoms with E-state index in [4.69, 9.17) is 16.3 Å². The van der Waals surface area contributed by atoms with Gasteiger partial charge in [0.1, 0.15) is 12.4 Å². The normalized spacial score (nSPS) is 10.2. The maximum absolute atomic E-state index is 5.81. The van der Waals surface area contributed by atoms with Gasteiger partial charge in [-0.3, -0.25) is 0 Å². The second-order valence-corrected chi connectivity index (χ2v) is 4.89. The summed E-state index contributed by atoms with van der Waals surface area (Å²) in [4.78, 5) is 0. The van der Waals surface area contributed by atoms with E-state index >= 15 is 0 Å². The summed E-state index contributed by atoms with van der Waals surface area (Å²) in [6.07, 6.45) is 0. The van der Waals surface area contributed by atoms with Crippen LogP contribution in [0.4, 0.5) is 0 Å². The number of ether oxygens (including phenoxy) is 1. The van der Waals surface area contributed by atoms with Crippen molar-refractivity contribution in [1.29, 1.82) is 0 Å². The Labute approximate surface area is 115 Å². The molecule has 0 radical (unpaired) electrons. The highest BCUT2D eigenvalue weighted by Gasteiger charge is 2.00. The number of rotatable bonds is 4. The van der Waals surface area contributed by atoms with Crippen LogP contribution in [0.1, 0.15) is 11.1 Å². The second-order valence-electron chi connectivity index (χ2n) is 3.70. The number of benzene rings is 2. The van der Waals surface area contributed by atoms with Crippen LogP contribution in [0, 0.1) is 0 Å². The fraction of sp³-hybridized carbons (Fsp3) is 0.143. The first-order valence-electron chi connectivity index (χ1n) is 5.30. The van der Waals surface area contributed by atoms with Crippen LogP contribution in [0.3, 0.4) is 0 Å². The van der Waals surface area contributed by atoms with Crippen LogP contribution in [-0.4, -0.2) is 0 Å². The van der Waals surface area contributed by atoms with Crippen molar-refractivity contribution in [3.8, 4) is 5.75 Å². The van der Waals surface area contributed by atoms with Gasteiger partial charge in [0.25, 0.3) is 0 Å². The number of alkyl halides is 1. The molecule has 0 spiro atoms. The number of halogens is 2. The molecule has 0 heterocycles. The summed E-state index contributed by atoms with van der Waals surface area (Å²) in [5.74, 6) is 1.32. The largest absolute Gasteiger partial charge is 0.489 e. The maximum Gasteiger partial charge on any atom is 0.121 e. The van der Waals surface area contributed by atoms with E-state index in [1.807, 2.05) is 48.5 Å². The van der Waals surface area contributed by atoms with Gasteiger partial charge in [0, 0.05) is 10.4 Å². The quantitative estimate of drug-likeness (QED) is 0.739. The van der Waals surface area contributed by atoms with E-state index in [9.17, 15) is 0 Å². The highest BCUT2D eigenvalue weighted by Crippen LogP contribution is 2.23. The minimum Gasteiger partial charge on any atom is -0.489 e. The molecule has 0 aromatic heterocycles. The van der Waals surface area contributed by atoms with Gasteiger partial charge in [-0.15, -0.1) is 11.6 Å². The first-order valence-corrected chi connectivity index (χ1v) is 6.63. The minimum absolute atomic E-state index is 0.487. The molecule has 0 fully saturated rings. The van der Waals surface area contributed by atoms with Crippen molar-refractivity contribution < 1.29 is 4.74 Å². The fourth-order valence-electron chi connectivity index (χ4n) is 1.52. The van der Waals surface area contributed by atoms with Crippen molar-refractivity contribution >= 4 is 27.5 Å². The Morgan fingerprint density at radius 3 is 2.47 bits per heavy atom. The minimum atomic E-state index is 0.487. The molecule has 0 N–H and O–H groups in total. The summed E-state index contributed by atoms with van der Waals surface area (Å²) in [6, 6.07) is 16.0. The lowest BCUT2D eigenvalue weighted by atomic mass is 10.2. The SMILES string of the molecule is ClCc1cc(Br)cc(OCc2ccccc2)c1. The molecule has 0 bridgehead atoms. The van der Waals surface area contributed by atoms with Crippen molar-refractivity contribution in [2.24, 2.45) is 0 Å². The Morgan fingerprint density at radius 1 is 1.00 bits per heavy atom. The van der Waals surface area contributed by atoms with Crippen molar-refractivity contribution in [3.63, 3.8) is 0 Å². The Balaban J connectivity index is 2.06. The first kappa shape index (κ1) is 12.5. The van der Waals surface area contributed by atoms with Gasteiger partial charge in [0.05, 0.1) is 0 Å². The molecule has 2 aromatic rings. The van der Waals surface area contributed by atoms with Crippen molar-refractivity contribution in [2.75, 3.05) is 0 Å². The fourth-order valence-corrected chi connectivity index (χ4v) is 2.20. The van der Waals surface area contributed by atoms with Gasteiger partial charge >= 0.3 is 0 Å². The molecule has 0 aliphatic heterocycles. The maximum atomic E-state index is 5.81. The first-order chi connectivity index (χ1) is 8.28. The molecule has 0 saturated heterocycles. The summed E-state index contributed by atoms with van der Waals surface area (Å²) in [6.45, 7) is 0.568. The molecule has 0 atom stereocenters. The van der Waals surface area contributed by atoms with Crippen LogP contribution >= 0.6 is 27.5 Å². The molecule has 3 heteroatoms. The lowest BCUT2D eigenvalue weighted by molar-refractivity contribution is 0.306. The van der Waals surface area contributed by atoms with Gasteiger partial charge in [-0.05, 0) is 29.3 Å². The van der Waals surface area contributed by atoms with E-state index < -0.39 is 0 Å². The number of hydrogen-bond acceptors (Lipinski definition) is 1. The number of hydrogen-bond donors (Lipinski definition) is 0. The van der Waals surface area contributed by atoms with Crippen molar-refractivity contribution in [3.05, 3.63) is 64.1 Å². The summed E-state index contributed by atoms with van der Waals surface area (Å²) >= 11 is 9.25. The van der Waals surface area contributed by atoms with Crippen LogP contribution in [0.5, 0.6) is 5.75 Å². The summed E-state index contributed by atoms with van der Waals surface area (Å²) in [5.41, 5.74) is 2.20. The van der Waals surface area contributed by atoms with Crippen LogP contribution in [0.2, 0.25) is 0 Å². The zero-order valence-electron chi connectivity index (χ0n) is 9.20. The molecule has 88 valence electrons. The van der Waals surface area contributed by atoms with E-state index in [1.54, 1.807) is 0 Å². The van der Waals surface area contributed by atoms with Gasteiger partial charge < -0.3 is 4.74 Å². The van der Waals surface area contributed by atoms with Crippen LogP contribution in [0.15, 0.2) is 53.0 Å². The van der Waals surface area contributed by atoms with Crippen LogP contribution in [-0.2, 0) is 12.5 Å². The average Bonchev–Trinajstić information content (AvgIpc) is 2.37. The van der Waals surface area contributed by atoms with Gasteiger partial charge in [-0.25, -0.2) is 0 Å². The van der Waals surface area contributed by atoms with Gasteiger partial charge in [0.2, 0.25) is 0 Å². The second kappa shape index (κ2) is 6.08. The zero-order valence-corrected chi connectivity index (χ0v) is 11.5. The Bertz CT molecular complexity index is 485. The van der Waals surface area contributed by atoms with Crippen molar-refractivity contribution in [1.82, 2.24) is 0 Å². The summed E-state index contributed by atoms with van der Waals surface area (Å²) in [5, 5.41) is 0. The van der Waals surface area contributed by atoms with Crippen LogP contribution in [0.25, 0.3) is 0 Å². The smallest absolute Gasteiger partial charge is 0.121 e. The average molecular weight is 312 g/mol. The molecular formula is C14H12BrClO. The summed E-state index contributed by atoms with van der Waals surface area (Å²) < 4.78 is 6.71. The summed E-state index contributed by atoms with van der Waals surface area (Å²) in [7, 11) is 0. The molecular weight excluding hydrogens is 300 g/mol. The standard InChI is InChI=1S/C14H12BrClO/c15-13-6-12(9-16)7-14(8-13)17-10-11-4-2-1-3-5-11/h1-8H,9-10H2. The Hall–Kier alpha value is -0.990. The van der Waals surface area contributed by atoms with E-state index in [-0.39, 0.29) is 0 Å². The van der Waals surface area contributed by atoms with Crippen LogP contribution < -0.4 is 4.74 Å². The molecule has 0 saturated carbocycles. The zero-order chi connectivity index (χ0) is 12.1. The molecule has 2 aromatic carbocycles. The molecule has 1 nitrogen and oxygen atoms in total. The third-order valence-electron chi connectivity index (χ3n) is 2.33. The molecule has 0 aliphatic carbocycles. The molecule has 2 rings (SSSR count). The predicted octanol–water partition coefficient (Wildman–Crippen LogP) is 4.77. The predicted molar refractivity (Wildman–Crippen MR) is 74.5 cm³/mol. The lowest BCUT2D eigenvalue weighted by Crippen LogP contribution is -1.95. The third-order valence-corrected chi connectivity index (χ3v) is 3.10. The van der Waals surface area contributed by atoms with E-state index in [2.05, 4.69) is 15.9 Å². The lowest BCUT2D eigenvalue weighted by Gasteiger charge is -2.08. The Morgan fingerprint density at radius 2 is 1.76 bits per heavy atom. The highest BCUT2D eigenvalue weighted by molar-refractivity contribution is 9.10. The highest BCUT2D eigenvalue weighted by atomic mass is 79.9. The van der Waals surface area contributed by atoms with Gasteiger partial charge in [-0.1, -0.05) is 46.3 Å². The molecule has 0 aliphatic rings. The molecule has 0 amide bonds. The monoisotopic (exact) mass is 310 g/mol. The van der Waals surface area contributed by atoms with Gasteiger partial charge in [-0.2, -0.15) is 0 Å². The van der Waals surface area contributed by atoms with E-state index in [1.165, 1.54) is 0 Å². The Kier molecular flexibility index (Phi) is 4.46. The van der Waals surface area contributed by atoms with E-state index in [0.29, 0.717) is 12.5 Å². The molecule has 17 heavy (non-hydrogen) atoms. The topological polar surface area (TPSA) is 9.23 Å². The van der Waals surface area contributed by atoms with E-state index in [0.717, 1.165) is 21.3 Å². The van der Waals surface area contributed by atoms with Crippen molar-refractivity contribution in [2.45, 2.75) is 12.5 Å².